The first-order valence-electron chi connectivity index (χ1n) is 6.71. The van der Waals surface area contributed by atoms with Gasteiger partial charge in [-0.15, -0.1) is 0 Å². The van der Waals surface area contributed by atoms with E-state index in [-0.39, 0.29) is 11.7 Å². The third kappa shape index (κ3) is 3.13. The van der Waals surface area contributed by atoms with Crippen molar-refractivity contribution in [1.82, 2.24) is 4.90 Å². The first kappa shape index (κ1) is 14.0. The lowest BCUT2D eigenvalue weighted by Gasteiger charge is -2.37. The lowest BCUT2D eigenvalue weighted by atomic mass is 9.90. The van der Waals surface area contributed by atoms with Gasteiger partial charge in [0.25, 0.3) is 0 Å². The van der Waals surface area contributed by atoms with Crippen LogP contribution in [0.2, 0.25) is 0 Å². The van der Waals surface area contributed by atoms with Crippen LogP contribution in [0, 0.1) is 18.7 Å². The minimum atomic E-state index is -0.757. The molecular weight excluding hydrogens is 245 g/mol. The normalized spacial score (nSPS) is 24.4. The van der Waals surface area contributed by atoms with Crippen molar-refractivity contribution in [3.8, 4) is 0 Å². The van der Waals surface area contributed by atoms with Gasteiger partial charge in [-0.2, -0.15) is 0 Å². The highest BCUT2D eigenvalue weighted by Gasteiger charge is 2.34. The van der Waals surface area contributed by atoms with Crippen molar-refractivity contribution in [2.75, 3.05) is 6.54 Å². The average Bonchev–Trinajstić information content (AvgIpc) is 2.32. The molecule has 4 heteroatoms. The zero-order chi connectivity index (χ0) is 14.0. The van der Waals surface area contributed by atoms with Crippen molar-refractivity contribution in [2.24, 2.45) is 5.92 Å². The molecule has 1 aliphatic rings. The zero-order valence-corrected chi connectivity index (χ0v) is 11.4. The lowest BCUT2D eigenvalue weighted by Crippen LogP contribution is -2.48. The largest absolute Gasteiger partial charge is 0.480 e. The average molecular weight is 265 g/mol. The molecule has 19 heavy (non-hydrogen) atoms. The molecule has 0 aromatic heterocycles. The quantitative estimate of drug-likeness (QED) is 0.913. The Kier molecular flexibility index (Phi) is 4.20. The van der Waals surface area contributed by atoms with Gasteiger partial charge in [0.05, 0.1) is 0 Å². The van der Waals surface area contributed by atoms with Gasteiger partial charge in [0.15, 0.2) is 0 Å². The summed E-state index contributed by atoms with van der Waals surface area (Å²) in [5.74, 6) is -0.845. The van der Waals surface area contributed by atoms with Crippen LogP contribution in [-0.2, 0) is 11.3 Å². The molecule has 3 nitrogen and oxygen atoms in total. The summed E-state index contributed by atoms with van der Waals surface area (Å²) in [4.78, 5) is 13.4. The van der Waals surface area contributed by atoms with Crippen LogP contribution in [0.4, 0.5) is 4.39 Å². The minimum Gasteiger partial charge on any atom is -0.480 e. The summed E-state index contributed by atoms with van der Waals surface area (Å²) in [6.07, 6.45) is 1.97. The molecule has 0 aliphatic carbocycles. The second-order valence-electron chi connectivity index (χ2n) is 5.44. The number of carboxylic acid groups (broad SMARTS) is 1. The van der Waals surface area contributed by atoms with Gasteiger partial charge in [-0.1, -0.05) is 13.0 Å². The third-order valence-corrected chi connectivity index (χ3v) is 3.97. The minimum absolute atomic E-state index is 0.159. The smallest absolute Gasteiger partial charge is 0.321 e. The van der Waals surface area contributed by atoms with E-state index in [0.717, 1.165) is 30.5 Å². The van der Waals surface area contributed by atoms with Gasteiger partial charge in [0.2, 0.25) is 0 Å². The number of benzene rings is 1. The van der Waals surface area contributed by atoms with Crippen molar-refractivity contribution in [3.05, 3.63) is 35.1 Å². The molecule has 1 aliphatic heterocycles. The Morgan fingerprint density at radius 3 is 2.89 bits per heavy atom. The molecule has 2 unspecified atom stereocenters. The van der Waals surface area contributed by atoms with Gasteiger partial charge in [0, 0.05) is 6.54 Å². The molecule has 0 amide bonds. The van der Waals surface area contributed by atoms with E-state index in [1.807, 2.05) is 18.7 Å². The summed E-state index contributed by atoms with van der Waals surface area (Å²) in [6, 6.07) is 4.26. The summed E-state index contributed by atoms with van der Waals surface area (Å²) >= 11 is 0. The monoisotopic (exact) mass is 265 g/mol. The number of piperidine rings is 1. The molecule has 0 bridgehead atoms. The number of likely N-dealkylation sites (tertiary alicyclic amines) is 1. The fourth-order valence-electron chi connectivity index (χ4n) is 2.91. The molecule has 0 saturated carbocycles. The molecule has 0 radical (unpaired) electrons. The first-order chi connectivity index (χ1) is 8.99. The van der Waals surface area contributed by atoms with Gasteiger partial charge < -0.3 is 5.11 Å². The van der Waals surface area contributed by atoms with E-state index in [0.29, 0.717) is 6.54 Å². The van der Waals surface area contributed by atoms with Crippen molar-refractivity contribution in [1.29, 1.82) is 0 Å². The van der Waals surface area contributed by atoms with E-state index in [4.69, 9.17) is 0 Å². The summed E-state index contributed by atoms with van der Waals surface area (Å²) < 4.78 is 13.1. The number of carbonyl (C=O) groups is 1. The van der Waals surface area contributed by atoms with Crippen LogP contribution in [-0.4, -0.2) is 28.6 Å². The maximum Gasteiger partial charge on any atom is 0.321 e. The Balaban J connectivity index is 2.18. The number of rotatable bonds is 3. The Morgan fingerprint density at radius 1 is 1.53 bits per heavy atom. The van der Waals surface area contributed by atoms with Gasteiger partial charge in [0.1, 0.15) is 11.9 Å². The van der Waals surface area contributed by atoms with Gasteiger partial charge in [-0.3, -0.25) is 9.69 Å². The Hall–Kier alpha value is -1.42. The third-order valence-electron chi connectivity index (χ3n) is 3.97. The molecule has 1 fully saturated rings. The summed E-state index contributed by atoms with van der Waals surface area (Å²) in [5, 5.41) is 9.37. The standard InChI is InChI=1S/C15H20FNO2/c1-10-4-3-7-17(14(10)15(18)19)9-12-5-6-13(16)8-11(12)2/h5-6,8,10,14H,3-4,7,9H2,1-2H3,(H,18,19). The van der Waals surface area contributed by atoms with Crippen LogP contribution in [0.3, 0.4) is 0 Å². The molecular formula is C15H20FNO2. The lowest BCUT2D eigenvalue weighted by molar-refractivity contribution is -0.147. The van der Waals surface area contributed by atoms with Crippen LogP contribution in [0.5, 0.6) is 0 Å². The number of hydrogen-bond acceptors (Lipinski definition) is 2. The Labute approximate surface area is 113 Å². The maximum atomic E-state index is 13.1. The summed E-state index contributed by atoms with van der Waals surface area (Å²) in [5.41, 5.74) is 1.88. The van der Waals surface area contributed by atoms with E-state index in [2.05, 4.69) is 0 Å². The number of carboxylic acids is 1. The zero-order valence-electron chi connectivity index (χ0n) is 11.4. The highest BCUT2D eigenvalue weighted by molar-refractivity contribution is 5.74. The van der Waals surface area contributed by atoms with Crippen LogP contribution in [0.1, 0.15) is 30.9 Å². The highest BCUT2D eigenvalue weighted by Crippen LogP contribution is 2.26. The van der Waals surface area contributed by atoms with E-state index < -0.39 is 12.0 Å². The molecule has 1 saturated heterocycles. The molecule has 0 spiro atoms. The van der Waals surface area contributed by atoms with Crippen molar-refractivity contribution in [2.45, 2.75) is 39.3 Å². The van der Waals surface area contributed by atoms with E-state index in [1.54, 1.807) is 6.07 Å². The summed E-state index contributed by atoms with van der Waals surface area (Å²) in [6.45, 7) is 5.22. The van der Waals surface area contributed by atoms with Crippen LogP contribution in [0.15, 0.2) is 18.2 Å². The first-order valence-corrected chi connectivity index (χ1v) is 6.71. The second-order valence-corrected chi connectivity index (χ2v) is 5.44. The SMILES string of the molecule is Cc1cc(F)ccc1CN1CCCC(C)C1C(=O)O. The van der Waals surface area contributed by atoms with Crippen molar-refractivity contribution >= 4 is 5.97 Å². The van der Waals surface area contributed by atoms with Gasteiger partial charge in [-0.05, 0) is 55.5 Å². The van der Waals surface area contributed by atoms with Gasteiger partial charge >= 0.3 is 5.97 Å². The molecule has 104 valence electrons. The molecule has 1 aromatic carbocycles. The molecule has 1 aromatic rings. The van der Waals surface area contributed by atoms with E-state index in [1.165, 1.54) is 12.1 Å². The van der Waals surface area contributed by atoms with Crippen molar-refractivity contribution < 1.29 is 14.3 Å². The molecule has 1 heterocycles. The molecule has 1 N–H and O–H groups in total. The second kappa shape index (κ2) is 5.70. The number of aliphatic carboxylic acids is 1. The van der Waals surface area contributed by atoms with Gasteiger partial charge in [-0.25, -0.2) is 4.39 Å². The number of halogens is 1. The van der Waals surface area contributed by atoms with Crippen LogP contribution >= 0.6 is 0 Å². The predicted molar refractivity (Wildman–Crippen MR) is 71.4 cm³/mol. The van der Waals surface area contributed by atoms with Crippen molar-refractivity contribution in [3.63, 3.8) is 0 Å². The van der Waals surface area contributed by atoms with E-state index >= 15 is 0 Å². The number of aryl methyl sites for hydroxylation is 1. The summed E-state index contributed by atoms with van der Waals surface area (Å²) in [7, 11) is 0. The Morgan fingerprint density at radius 2 is 2.26 bits per heavy atom. The maximum absolute atomic E-state index is 13.1. The Bertz CT molecular complexity index is 475. The fourth-order valence-corrected chi connectivity index (χ4v) is 2.91. The van der Waals surface area contributed by atoms with Crippen LogP contribution in [0.25, 0.3) is 0 Å². The number of nitrogens with zero attached hydrogens (tertiary/aromatic N) is 1. The molecule has 2 atom stereocenters. The fraction of sp³-hybridized carbons (Fsp3) is 0.533. The number of hydrogen-bond donors (Lipinski definition) is 1. The van der Waals surface area contributed by atoms with Crippen LogP contribution < -0.4 is 0 Å². The molecule has 2 rings (SSSR count). The predicted octanol–water partition coefficient (Wildman–Crippen LogP) is 2.82. The highest BCUT2D eigenvalue weighted by atomic mass is 19.1. The topological polar surface area (TPSA) is 40.5 Å². The van der Waals surface area contributed by atoms with E-state index in [9.17, 15) is 14.3 Å².